The van der Waals surface area contributed by atoms with E-state index in [9.17, 15) is 0 Å². The van der Waals surface area contributed by atoms with Gasteiger partial charge < -0.3 is 10.1 Å². The van der Waals surface area contributed by atoms with E-state index in [1.165, 1.54) is 24.8 Å². The molecule has 0 radical (unpaired) electrons. The van der Waals surface area contributed by atoms with E-state index in [-0.39, 0.29) is 0 Å². The molecule has 0 aliphatic heterocycles. The number of nitrogens with zero attached hydrogens (tertiary/aromatic N) is 1. The lowest BCUT2D eigenvalue weighted by atomic mass is 10.2. The lowest BCUT2D eigenvalue weighted by Crippen LogP contribution is -2.12. The Morgan fingerprint density at radius 2 is 2.17 bits per heavy atom. The van der Waals surface area contributed by atoms with Gasteiger partial charge in [0.25, 0.3) is 0 Å². The molecule has 1 saturated carbocycles. The predicted octanol–water partition coefficient (Wildman–Crippen LogP) is 2.93. The minimum atomic E-state index is 0.794. The fourth-order valence-electron chi connectivity index (χ4n) is 1.98. The molecule has 1 heterocycles. The van der Waals surface area contributed by atoms with E-state index in [1.54, 1.807) is 0 Å². The number of ether oxygens (including phenoxy) is 1. The highest BCUT2D eigenvalue weighted by Crippen LogP contribution is 2.32. The van der Waals surface area contributed by atoms with Gasteiger partial charge in [0.15, 0.2) is 0 Å². The van der Waals surface area contributed by atoms with E-state index >= 15 is 0 Å². The van der Waals surface area contributed by atoms with Crippen LogP contribution in [-0.4, -0.2) is 18.1 Å². The Morgan fingerprint density at radius 1 is 1.33 bits per heavy atom. The Hall–Kier alpha value is -1.09. The average molecular weight is 248 g/mol. The first-order chi connectivity index (χ1) is 8.81. The molecule has 1 aromatic heterocycles. The molecule has 1 aliphatic carbocycles. The Labute approximate surface area is 110 Å². The number of nitrogens with one attached hydrogen (secondary N) is 1. The van der Waals surface area contributed by atoms with Crippen LogP contribution in [0.5, 0.6) is 5.88 Å². The van der Waals surface area contributed by atoms with Gasteiger partial charge in [-0.3, -0.25) is 0 Å². The van der Waals surface area contributed by atoms with Crippen molar-refractivity contribution in [1.82, 2.24) is 10.3 Å². The fourth-order valence-corrected chi connectivity index (χ4v) is 1.98. The van der Waals surface area contributed by atoms with Gasteiger partial charge in [-0.2, -0.15) is 0 Å². The Balaban J connectivity index is 1.92. The molecule has 1 aromatic rings. The molecular weight excluding hydrogens is 224 g/mol. The molecule has 2 rings (SSSR count). The first-order valence-electron chi connectivity index (χ1n) is 7.15. The number of rotatable bonds is 8. The zero-order chi connectivity index (χ0) is 12.8. The summed E-state index contributed by atoms with van der Waals surface area (Å²) >= 11 is 0. The normalized spacial score (nSPS) is 14.8. The van der Waals surface area contributed by atoms with Crippen LogP contribution in [0.1, 0.15) is 44.4 Å². The van der Waals surface area contributed by atoms with Crippen molar-refractivity contribution < 1.29 is 4.74 Å². The summed E-state index contributed by atoms with van der Waals surface area (Å²) < 4.78 is 5.78. The minimum absolute atomic E-state index is 0.794. The zero-order valence-corrected chi connectivity index (χ0v) is 11.5. The van der Waals surface area contributed by atoms with Crippen LogP contribution >= 0.6 is 0 Å². The zero-order valence-electron chi connectivity index (χ0n) is 11.5. The third-order valence-corrected chi connectivity index (χ3v) is 3.33. The second-order valence-electron chi connectivity index (χ2n) is 5.02. The highest BCUT2D eigenvalue weighted by Gasteiger charge is 2.20. The lowest BCUT2D eigenvalue weighted by Gasteiger charge is -2.09. The van der Waals surface area contributed by atoms with E-state index in [1.807, 2.05) is 0 Å². The molecule has 0 spiro atoms. The smallest absolute Gasteiger partial charge is 0.213 e. The van der Waals surface area contributed by atoms with Crippen molar-refractivity contribution in [2.24, 2.45) is 5.92 Å². The van der Waals surface area contributed by atoms with Crippen LogP contribution in [-0.2, 0) is 13.0 Å². The van der Waals surface area contributed by atoms with Gasteiger partial charge in [0.05, 0.1) is 6.61 Å². The maximum Gasteiger partial charge on any atom is 0.213 e. The number of aryl methyl sites for hydroxylation is 1. The van der Waals surface area contributed by atoms with Crippen molar-refractivity contribution in [3.8, 4) is 5.88 Å². The van der Waals surface area contributed by atoms with Crippen molar-refractivity contribution >= 4 is 0 Å². The van der Waals surface area contributed by atoms with Crippen molar-refractivity contribution in [1.29, 1.82) is 0 Å². The van der Waals surface area contributed by atoms with E-state index in [2.05, 4.69) is 36.3 Å². The van der Waals surface area contributed by atoms with Gasteiger partial charge in [-0.1, -0.05) is 26.7 Å². The largest absolute Gasteiger partial charge is 0.478 e. The number of hydrogen-bond donors (Lipinski definition) is 1. The van der Waals surface area contributed by atoms with Crippen LogP contribution in [0.3, 0.4) is 0 Å². The first kappa shape index (κ1) is 13.3. The maximum atomic E-state index is 5.78. The van der Waals surface area contributed by atoms with Crippen molar-refractivity contribution in [3.63, 3.8) is 0 Å². The molecule has 0 bridgehead atoms. The fraction of sp³-hybridized carbons (Fsp3) is 0.667. The molecule has 0 unspecified atom stereocenters. The highest BCUT2D eigenvalue weighted by molar-refractivity contribution is 5.25. The lowest BCUT2D eigenvalue weighted by molar-refractivity contribution is 0.290. The first-order valence-corrected chi connectivity index (χ1v) is 7.15. The Morgan fingerprint density at radius 3 is 2.83 bits per heavy atom. The van der Waals surface area contributed by atoms with Crippen LogP contribution in [0.25, 0.3) is 0 Å². The highest BCUT2D eigenvalue weighted by atomic mass is 16.5. The van der Waals surface area contributed by atoms with Crippen molar-refractivity contribution in [2.75, 3.05) is 13.2 Å². The second-order valence-corrected chi connectivity index (χ2v) is 5.02. The average Bonchev–Trinajstić information content (AvgIpc) is 3.20. The monoisotopic (exact) mass is 248 g/mol. The van der Waals surface area contributed by atoms with Gasteiger partial charge in [0.1, 0.15) is 0 Å². The van der Waals surface area contributed by atoms with Gasteiger partial charge in [-0.25, -0.2) is 4.98 Å². The molecule has 1 aliphatic rings. The molecular formula is C15H24N2O. The van der Waals surface area contributed by atoms with Crippen LogP contribution < -0.4 is 10.1 Å². The standard InChI is InChI=1S/C15H24N2O/c1-3-14-9-13(11-16-4-2)10-15(17-14)18-8-7-12-5-6-12/h9-10,12,16H,3-8,11H2,1-2H3. The maximum absolute atomic E-state index is 5.78. The summed E-state index contributed by atoms with van der Waals surface area (Å²) in [4.78, 5) is 4.53. The number of hydrogen-bond acceptors (Lipinski definition) is 3. The second kappa shape index (κ2) is 6.74. The molecule has 0 atom stereocenters. The summed E-state index contributed by atoms with van der Waals surface area (Å²) in [6, 6.07) is 4.23. The molecule has 0 saturated heterocycles. The molecule has 18 heavy (non-hydrogen) atoms. The van der Waals surface area contributed by atoms with E-state index in [0.717, 1.165) is 43.6 Å². The molecule has 3 heteroatoms. The third kappa shape index (κ3) is 4.30. The quantitative estimate of drug-likeness (QED) is 0.768. The van der Waals surface area contributed by atoms with Crippen molar-refractivity contribution in [3.05, 3.63) is 23.4 Å². The Bertz CT molecular complexity index is 375. The van der Waals surface area contributed by atoms with Gasteiger partial charge in [0, 0.05) is 18.3 Å². The predicted molar refractivity (Wildman–Crippen MR) is 73.8 cm³/mol. The van der Waals surface area contributed by atoms with Gasteiger partial charge in [0.2, 0.25) is 5.88 Å². The van der Waals surface area contributed by atoms with Crippen LogP contribution in [0.15, 0.2) is 12.1 Å². The third-order valence-electron chi connectivity index (χ3n) is 3.33. The van der Waals surface area contributed by atoms with Gasteiger partial charge in [-0.15, -0.1) is 0 Å². The van der Waals surface area contributed by atoms with E-state index < -0.39 is 0 Å². The molecule has 0 amide bonds. The van der Waals surface area contributed by atoms with Crippen LogP contribution in [0.4, 0.5) is 0 Å². The SMILES string of the molecule is CCNCc1cc(CC)nc(OCCC2CC2)c1. The summed E-state index contributed by atoms with van der Waals surface area (Å²) in [5.41, 5.74) is 2.39. The topological polar surface area (TPSA) is 34.2 Å². The van der Waals surface area contributed by atoms with E-state index in [0.29, 0.717) is 0 Å². The molecule has 3 nitrogen and oxygen atoms in total. The molecule has 1 N–H and O–H groups in total. The molecule has 0 aromatic carbocycles. The van der Waals surface area contributed by atoms with Gasteiger partial charge in [-0.05, 0) is 36.9 Å². The summed E-state index contributed by atoms with van der Waals surface area (Å²) in [5, 5.41) is 3.34. The molecule has 100 valence electrons. The summed E-state index contributed by atoms with van der Waals surface area (Å²) in [7, 11) is 0. The van der Waals surface area contributed by atoms with Gasteiger partial charge >= 0.3 is 0 Å². The van der Waals surface area contributed by atoms with E-state index in [4.69, 9.17) is 4.74 Å². The van der Waals surface area contributed by atoms with Crippen LogP contribution in [0, 0.1) is 5.92 Å². The summed E-state index contributed by atoms with van der Waals surface area (Å²) in [5.74, 6) is 1.71. The van der Waals surface area contributed by atoms with Crippen LogP contribution in [0.2, 0.25) is 0 Å². The summed E-state index contributed by atoms with van der Waals surface area (Å²) in [6.45, 7) is 6.94. The molecule has 1 fully saturated rings. The number of pyridine rings is 1. The summed E-state index contributed by atoms with van der Waals surface area (Å²) in [6.07, 6.45) is 4.91. The minimum Gasteiger partial charge on any atom is -0.478 e. The van der Waals surface area contributed by atoms with Crippen molar-refractivity contribution in [2.45, 2.75) is 46.1 Å². The Kier molecular flexibility index (Phi) is 5.00. The number of aromatic nitrogens is 1.